The number of hydrogen-bond acceptors (Lipinski definition) is 6. The fourth-order valence-electron chi connectivity index (χ4n) is 5.00. The molecule has 0 radical (unpaired) electrons. The van der Waals surface area contributed by atoms with Gasteiger partial charge < -0.3 is 16.0 Å². The highest BCUT2D eigenvalue weighted by Crippen LogP contribution is 2.23. The number of aromatic nitrogens is 1. The minimum atomic E-state index is -0.410. The molecule has 2 aromatic rings. The van der Waals surface area contributed by atoms with Gasteiger partial charge in [-0.2, -0.15) is 5.26 Å². The number of carbonyl (C=O) groups excluding carboxylic acids is 2. The third-order valence-electron chi connectivity index (χ3n) is 6.90. The van der Waals surface area contributed by atoms with Crippen molar-refractivity contribution in [3.05, 3.63) is 65.0 Å². The van der Waals surface area contributed by atoms with Gasteiger partial charge in [-0.1, -0.05) is 12.5 Å². The zero-order valence-corrected chi connectivity index (χ0v) is 20.2. The summed E-state index contributed by atoms with van der Waals surface area (Å²) in [5, 5.41) is 11.8. The van der Waals surface area contributed by atoms with E-state index in [0.29, 0.717) is 28.6 Å². The molecule has 2 aliphatic heterocycles. The van der Waals surface area contributed by atoms with E-state index in [0.717, 1.165) is 44.6 Å². The van der Waals surface area contributed by atoms with E-state index in [4.69, 9.17) is 11.0 Å². The Morgan fingerprint density at radius 3 is 2.60 bits per heavy atom. The Labute approximate surface area is 206 Å². The fourth-order valence-corrected chi connectivity index (χ4v) is 5.00. The first-order valence-electron chi connectivity index (χ1n) is 12.2. The molecule has 2 fully saturated rings. The van der Waals surface area contributed by atoms with Gasteiger partial charge in [0.05, 0.1) is 22.8 Å². The van der Waals surface area contributed by atoms with E-state index in [9.17, 15) is 9.59 Å². The summed E-state index contributed by atoms with van der Waals surface area (Å²) in [6.07, 6.45) is 8.70. The van der Waals surface area contributed by atoms with Crippen LogP contribution in [0.4, 0.5) is 5.82 Å². The maximum Gasteiger partial charge on any atom is 0.258 e. The summed E-state index contributed by atoms with van der Waals surface area (Å²) in [6, 6.07) is 10.9. The van der Waals surface area contributed by atoms with Gasteiger partial charge in [-0.25, -0.2) is 4.98 Å². The molecule has 35 heavy (non-hydrogen) atoms. The van der Waals surface area contributed by atoms with Gasteiger partial charge in [0, 0.05) is 31.5 Å². The first-order chi connectivity index (χ1) is 17.0. The smallest absolute Gasteiger partial charge is 0.258 e. The average molecular weight is 473 g/mol. The minimum absolute atomic E-state index is 0.0205. The number of pyridine rings is 1. The van der Waals surface area contributed by atoms with Crippen LogP contribution in [0.1, 0.15) is 59.2 Å². The van der Waals surface area contributed by atoms with Gasteiger partial charge in [0.25, 0.3) is 11.8 Å². The third-order valence-corrected chi connectivity index (χ3v) is 6.90. The van der Waals surface area contributed by atoms with Crippen LogP contribution < -0.4 is 11.1 Å². The van der Waals surface area contributed by atoms with Gasteiger partial charge in [0.1, 0.15) is 5.82 Å². The van der Waals surface area contributed by atoms with E-state index < -0.39 is 5.91 Å². The molecular weight excluding hydrogens is 440 g/mol. The van der Waals surface area contributed by atoms with Crippen molar-refractivity contribution >= 4 is 23.2 Å². The summed E-state index contributed by atoms with van der Waals surface area (Å²) < 4.78 is 0. The van der Waals surface area contributed by atoms with Crippen LogP contribution in [0.25, 0.3) is 5.57 Å². The molecule has 182 valence electrons. The molecule has 3 N–H and O–H groups in total. The lowest BCUT2D eigenvalue weighted by molar-refractivity contribution is -0.111. The monoisotopic (exact) mass is 472 g/mol. The molecule has 1 aromatic heterocycles. The Hall–Kier alpha value is -3.70. The highest BCUT2D eigenvalue weighted by atomic mass is 16.2. The molecule has 1 atom stereocenters. The molecule has 0 bridgehead atoms. The summed E-state index contributed by atoms with van der Waals surface area (Å²) in [5.74, 6) is -0.0952. The number of piperidine rings is 2. The van der Waals surface area contributed by atoms with Crippen LogP contribution in [0.5, 0.6) is 0 Å². The van der Waals surface area contributed by atoms with Crippen LogP contribution in [-0.4, -0.2) is 58.8 Å². The van der Waals surface area contributed by atoms with Gasteiger partial charge in [0.2, 0.25) is 0 Å². The number of amides is 2. The Morgan fingerprint density at radius 2 is 1.94 bits per heavy atom. The topological polar surface area (TPSA) is 115 Å². The van der Waals surface area contributed by atoms with Crippen LogP contribution in [0.15, 0.2) is 42.7 Å². The molecule has 8 nitrogen and oxygen atoms in total. The van der Waals surface area contributed by atoms with Crippen molar-refractivity contribution in [2.24, 2.45) is 5.73 Å². The van der Waals surface area contributed by atoms with Crippen molar-refractivity contribution in [2.75, 3.05) is 31.5 Å². The SMILES string of the molecule is Cc1cc(C#N)ccc1C(=CN)C(=O)Nc1ccc(C(=O)N2CCCC(N3CCCCC3)C2)cn1. The number of benzene rings is 1. The number of rotatable bonds is 5. The molecule has 0 spiro atoms. The zero-order valence-electron chi connectivity index (χ0n) is 20.2. The predicted octanol–water partition coefficient (Wildman–Crippen LogP) is 3.29. The molecule has 2 amide bonds. The average Bonchev–Trinajstić information content (AvgIpc) is 2.90. The van der Waals surface area contributed by atoms with Crippen LogP contribution in [0.2, 0.25) is 0 Å². The van der Waals surface area contributed by atoms with E-state index in [2.05, 4.69) is 21.3 Å². The summed E-state index contributed by atoms with van der Waals surface area (Å²) in [4.78, 5) is 34.8. The molecule has 2 aliphatic rings. The second kappa shape index (κ2) is 11.2. The number of nitrogens with one attached hydrogen (secondary N) is 1. The highest BCUT2D eigenvalue weighted by Gasteiger charge is 2.29. The molecule has 0 aliphatic carbocycles. The molecular formula is C27H32N6O2. The predicted molar refractivity (Wildman–Crippen MR) is 135 cm³/mol. The van der Waals surface area contributed by atoms with Gasteiger partial charge in [-0.05, 0) is 81.1 Å². The van der Waals surface area contributed by atoms with Gasteiger partial charge in [-0.3, -0.25) is 14.5 Å². The first-order valence-corrected chi connectivity index (χ1v) is 12.2. The van der Waals surface area contributed by atoms with Crippen LogP contribution in [0.3, 0.4) is 0 Å². The van der Waals surface area contributed by atoms with Crippen LogP contribution in [0, 0.1) is 18.3 Å². The number of nitriles is 1. The fraction of sp³-hybridized carbons (Fsp3) is 0.407. The number of hydrogen-bond donors (Lipinski definition) is 2. The molecule has 1 aromatic carbocycles. The Morgan fingerprint density at radius 1 is 1.14 bits per heavy atom. The summed E-state index contributed by atoms with van der Waals surface area (Å²) in [6.45, 7) is 5.60. The molecule has 8 heteroatoms. The van der Waals surface area contributed by atoms with E-state index in [1.165, 1.54) is 31.7 Å². The Kier molecular flexibility index (Phi) is 7.78. The number of carbonyl (C=O) groups is 2. The lowest BCUT2D eigenvalue weighted by atomic mass is 9.98. The summed E-state index contributed by atoms with van der Waals surface area (Å²) >= 11 is 0. The molecule has 2 saturated heterocycles. The van der Waals surface area contributed by atoms with E-state index in [1.54, 1.807) is 30.3 Å². The third kappa shape index (κ3) is 5.69. The quantitative estimate of drug-likeness (QED) is 0.645. The first kappa shape index (κ1) is 24.4. The van der Waals surface area contributed by atoms with E-state index >= 15 is 0 Å². The molecule has 3 heterocycles. The highest BCUT2D eigenvalue weighted by molar-refractivity contribution is 6.25. The van der Waals surface area contributed by atoms with Crippen molar-refractivity contribution in [3.8, 4) is 6.07 Å². The van der Waals surface area contributed by atoms with Crippen molar-refractivity contribution in [1.29, 1.82) is 5.26 Å². The van der Waals surface area contributed by atoms with Crippen LogP contribution in [-0.2, 0) is 4.79 Å². The second-order valence-electron chi connectivity index (χ2n) is 9.25. The van der Waals surface area contributed by atoms with Crippen LogP contribution >= 0.6 is 0 Å². The van der Waals surface area contributed by atoms with Gasteiger partial charge in [0.15, 0.2) is 0 Å². The largest absolute Gasteiger partial charge is 0.404 e. The maximum atomic E-state index is 13.1. The molecule has 4 rings (SSSR count). The Balaban J connectivity index is 1.39. The Bertz CT molecular complexity index is 1150. The lowest BCUT2D eigenvalue weighted by Gasteiger charge is -2.41. The maximum absolute atomic E-state index is 13.1. The van der Waals surface area contributed by atoms with Gasteiger partial charge >= 0.3 is 0 Å². The normalized spacial score (nSPS) is 19.1. The summed E-state index contributed by atoms with van der Waals surface area (Å²) in [5.41, 5.74) is 8.48. The second-order valence-corrected chi connectivity index (χ2v) is 9.25. The van der Waals surface area contributed by atoms with Crippen molar-refractivity contribution in [1.82, 2.24) is 14.8 Å². The van der Waals surface area contributed by atoms with E-state index in [-0.39, 0.29) is 11.5 Å². The van der Waals surface area contributed by atoms with E-state index in [1.807, 2.05) is 11.8 Å². The standard InChI is InChI=1S/C27H32N6O2/c1-19-14-20(15-28)7-9-23(19)24(16-29)26(34)31-25-10-8-21(17-30-25)27(35)33-13-5-6-22(18-33)32-11-3-2-4-12-32/h7-10,14,16-17,22H,2-6,11-13,18,29H2,1H3,(H,30,31,34). The number of anilines is 1. The molecule has 0 saturated carbocycles. The molecule has 1 unspecified atom stereocenters. The minimum Gasteiger partial charge on any atom is -0.404 e. The van der Waals surface area contributed by atoms with Crippen molar-refractivity contribution in [2.45, 2.75) is 45.1 Å². The number of nitrogens with two attached hydrogens (primary N) is 1. The number of aryl methyl sites for hydroxylation is 1. The lowest BCUT2D eigenvalue weighted by Crippen LogP contribution is -2.51. The van der Waals surface area contributed by atoms with Crippen molar-refractivity contribution < 1.29 is 9.59 Å². The van der Waals surface area contributed by atoms with Gasteiger partial charge in [-0.15, -0.1) is 0 Å². The van der Waals surface area contributed by atoms with Crippen molar-refractivity contribution in [3.63, 3.8) is 0 Å². The summed E-state index contributed by atoms with van der Waals surface area (Å²) in [7, 11) is 0. The number of likely N-dealkylation sites (tertiary alicyclic amines) is 2. The zero-order chi connectivity index (χ0) is 24.8. The number of nitrogens with zero attached hydrogens (tertiary/aromatic N) is 4.